The minimum atomic E-state index is -3.72. The molecule has 8 heteroatoms. The van der Waals surface area contributed by atoms with Crippen LogP contribution >= 0.6 is 0 Å². The Kier molecular flexibility index (Phi) is 3.35. The van der Waals surface area contributed by atoms with E-state index in [9.17, 15) is 18.0 Å². The molecule has 4 atom stereocenters. The summed E-state index contributed by atoms with van der Waals surface area (Å²) in [7, 11) is -3.72. The highest BCUT2D eigenvalue weighted by atomic mass is 32.2. The van der Waals surface area contributed by atoms with E-state index < -0.39 is 39.4 Å². The third-order valence-electron chi connectivity index (χ3n) is 5.18. The highest BCUT2D eigenvalue weighted by Gasteiger charge is 2.68. The number of aryl methyl sites for hydroxylation is 1. The molecule has 0 amide bonds. The lowest BCUT2D eigenvalue weighted by atomic mass is 9.73. The van der Waals surface area contributed by atoms with Crippen LogP contribution in [0.5, 0.6) is 0 Å². The number of fused-ring (bicyclic) bond motifs is 5. The molecule has 2 bridgehead atoms. The van der Waals surface area contributed by atoms with E-state index in [1.807, 2.05) is 6.92 Å². The van der Waals surface area contributed by atoms with Gasteiger partial charge in [-0.1, -0.05) is 17.7 Å². The summed E-state index contributed by atoms with van der Waals surface area (Å²) >= 11 is 0. The Balaban J connectivity index is 1.56. The predicted molar refractivity (Wildman–Crippen MR) is 81.3 cm³/mol. The minimum absolute atomic E-state index is 0.0523. The number of benzene rings is 1. The van der Waals surface area contributed by atoms with Crippen molar-refractivity contribution in [1.82, 2.24) is 4.72 Å². The van der Waals surface area contributed by atoms with Gasteiger partial charge in [0.15, 0.2) is 0 Å². The van der Waals surface area contributed by atoms with Crippen LogP contribution in [0, 0.1) is 18.8 Å². The van der Waals surface area contributed by atoms with Gasteiger partial charge in [-0.05, 0) is 31.9 Å². The fraction of sp³-hybridized carbons (Fsp3) is 0.500. The van der Waals surface area contributed by atoms with Gasteiger partial charge in [0.25, 0.3) is 0 Å². The van der Waals surface area contributed by atoms with Gasteiger partial charge in [0.2, 0.25) is 10.0 Å². The molecule has 1 aromatic carbocycles. The molecule has 4 unspecified atom stereocenters. The lowest BCUT2D eigenvalue weighted by molar-refractivity contribution is -0.158. The minimum Gasteiger partial charge on any atom is -0.393 e. The third kappa shape index (κ3) is 2.21. The van der Waals surface area contributed by atoms with Gasteiger partial charge in [-0.25, -0.2) is 13.1 Å². The quantitative estimate of drug-likeness (QED) is 0.627. The number of rotatable bonds is 4. The highest BCUT2D eigenvalue weighted by molar-refractivity contribution is 7.89. The van der Waals surface area contributed by atoms with Crippen LogP contribution in [0.4, 0.5) is 0 Å². The molecule has 24 heavy (non-hydrogen) atoms. The van der Waals surface area contributed by atoms with Crippen molar-refractivity contribution < 1.29 is 27.5 Å². The average Bonchev–Trinajstić information content (AvgIpc) is 3.18. The zero-order valence-electron chi connectivity index (χ0n) is 13.0. The first-order valence-electron chi connectivity index (χ1n) is 7.82. The summed E-state index contributed by atoms with van der Waals surface area (Å²) in [4.78, 5) is 23.9. The van der Waals surface area contributed by atoms with Gasteiger partial charge in [-0.2, -0.15) is 0 Å². The maximum atomic E-state index is 12.5. The van der Waals surface area contributed by atoms with Crippen LogP contribution in [0.3, 0.4) is 0 Å². The fourth-order valence-corrected chi connectivity index (χ4v) is 5.06. The molecule has 3 aliphatic heterocycles. The molecule has 3 fully saturated rings. The van der Waals surface area contributed by atoms with Gasteiger partial charge in [0, 0.05) is 6.54 Å². The molecule has 0 aliphatic carbocycles. The van der Waals surface area contributed by atoms with Crippen LogP contribution in [0.25, 0.3) is 0 Å². The lowest BCUT2D eigenvalue weighted by Gasteiger charge is -2.29. The van der Waals surface area contributed by atoms with Crippen molar-refractivity contribution in [3.8, 4) is 0 Å². The standard InChI is InChI=1S/C16H17NO6S/c1-9-2-4-10(5-3-9)24(20,21)17-8-16-7-6-11(23-16)12-13(16)15(19)22-14(12)18/h2-5,11-13,17H,6-8H2,1H3. The second kappa shape index (κ2) is 5.11. The summed E-state index contributed by atoms with van der Waals surface area (Å²) in [5.74, 6) is -2.49. The van der Waals surface area contributed by atoms with Gasteiger partial charge >= 0.3 is 11.9 Å². The van der Waals surface area contributed by atoms with Crippen molar-refractivity contribution in [3.05, 3.63) is 29.8 Å². The Morgan fingerprint density at radius 3 is 2.62 bits per heavy atom. The maximum Gasteiger partial charge on any atom is 0.320 e. The number of hydrogen-bond donors (Lipinski definition) is 1. The molecule has 128 valence electrons. The van der Waals surface area contributed by atoms with Crippen LogP contribution in [-0.2, 0) is 29.1 Å². The van der Waals surface area contributed by atoms with Gasteiger partial charge < -0.3 is 9.47 Å². The topological polar surface area (TPSA) is 98.8 Å². The zero-order chi connectivity index (χ0) is 17.1. The van der Waals surface area contributed by atoms with Crippen molar-refractivity contribution >= 4 is 22.0 Å². The number of ether oxygens (including phenoxy) is 2. The summed E-state index contributed by atoms with van der Waals surface area (Å²) in [5.41, 5.74) is -0.0311. The van der Waals surface area contributed by atoms with Gasteiger partial charge in [0.1, 0.15) is 5.92 Å². The first-order valence-corrected chi connectivity index (χ1v) is 9.30. The molecule has 4 rings (SSSR count). The molecule has 0 aromatic heterocycles. The molecule has 0 radical (unpaired) electrons. The molecular weight excluding hydrogens is 334 g/mol. The van der Waals surface area contributed by atoms with Crippen molar-refractivity contribution in [1.29, 1.82) is 0 Å². The van der Waals surface area contributed by atoms with E-state index in [1.165, 1.54) is 12.1 Å². The van der Waals surface area contributed by atoms with Crippen LogP contribution in [0.1, 0.15) is 18.4 Å². The zero-order valence-corrected chi connectivity index (χ0v) is 13.8. The normalized spacial score (nSPS) is 34.5. The Hall–Kier alpha value is -1.77. The van der Waals surface area contributed by atoms with E-state index >= 15 is 0 Å². The molecule has 7 nitrogen and oxygen atoms in total. The monoisotopic (exact) mass is 351 g/mol. The van der Waals surface area contributed by atoms with E-state index in [2.05, 4.69) is 4.72 Å². The number of carbonyl (C=O) groups excluding carboxylic acids is 2. The smallest absolute Gasteiger partial charge is 0.320 e. The first-order chi connectivity index (χ1) is 11.3. The summed E-state index contributed by atoms with van der Waals surface area (Å²) in [6, 6.07) is 6.48. The molecular formula is C16H17NO6S. The Morgan fingerprint density at radius 1 is 1.21 bits per heavy atom. The molecule has 0 saturated carbocycles. The number of carbonyl (C=O) groups is 2. The van der Waals surface area contributed by atoms with E-state index in [1.54, 1.807) is 12.1 Å². The second-order valence-electron chi connectivity index (χ2n) is 6.64. The number of cyclic esters (lactones) is 2. The molecule has 1 N–H and O–H groups in total. The molecule has 0 spiro atoms. The Bertz CT molecular complexity index is 817. The third-order valence-corrected chi connectivity index (χ3v) is 6.60. The highest BCUT2D eigenvalue weighted by Crippen LogP contribution is 2.54. The van der Waals surface area contributed by atoms with Crippen LogP contribution < -0.4 is 4.72 Å². The molecule has 3 aliphatic rings. The summed E-state index contributed by atoms with van der Waals surface area (Å²) in [6.07, 6.45) is 0.783. The lowest BCUT2D eigenvalue weighted by Crippen LogP contribution is -2.48. The Labute approximate surface area is 139 Å². The van der Waals surface area contributed by atoms with Crippen molar-refractivity contribution in [2.45, 2.75) is 36.4 Å². The van der Waals surface area contributed by atoms with Crippen molar-refractivity contribution in [2.24, 2.45) is 11.8 Å². The summed E-state index contributed by atoms with van der Waals surface area (Å²) < 4.78 is 38.0. The second-order valence-corrected chi connectivity index (χ2v) is 8.41. The van der Waals surface area contributed by atoms with Gasteiger partial charge in [0.05, 0.1) is 22.5 Å². The first kappa shape index (κ1) is 15.7. The van der Waals surface area contributed by atoms with Gasteiger partial charge in [-0.15, -0.1) is 0 Å². The SMILES string of the molecule is Cc1ccc(S(=O)(=O)NCC23CCC(O2)C2C(=O)OC(=O)C23)cc1. The van der Waals surface area contributed by atoms with E-state index in [-0.39, 0.29) is 17.5 Å². The fourth-order valence-electron chi connectivity index (χ4n) is 3.97. The number of sulfonamides is 1. The average molecular weight is 351 g/mol. The van der Waals surface area contributed by atoms with Crippen LogP contribution in [0.15, 0.2) is 29.2 Å². The van der Waals surface area contributed by atoms with Crippen LogP contribution in [0.2, 0.25) is 0 Å². The van der Waals surface area contributed by atoms with Crippen molar-refractivity contribution in [3.63, 3.8) is 0 Å². The predicted octanol–water partition coefficient (Wildman–Crippen LogP) is 0.521. The molecule has 3 heterocycles. The number of esters is 2. The summed E-state index contributed by atoms with van der Waals surface area (Å²) in [5, 5.41) is 0. The molecule has 3 saturated heterocycles. The van der Waals surface area contributed by atoms with Gasteiger partial charge in [-0.3, -0.25) is 9.59 Å². The van der Waals surface area contributed by atoms with E-state index in [0.717, 1.165) is 5.56 Å². The number of nitrogens with one attached hydrogen (secondary N) is 1. The van der Waals surface area contributed by atoms with Crippen molar-refractivity contribution in [2.75, 3.05) is 6.54 Å². The van der Waals surface area contributed by atoms with Crippen LogP contribution in [-0.4, -0.2) is 38.6 Å². The largest absolute Gasteiger partial charge is 0.393 e. The number of hydrogen-bond acceptors (Lipinski definition) is 6. The summed E-state index contributed by atoms with van der Waals surface area (Å²) in [6.45, 7) is 1.82. The molecule has 1 aromatic rings. The van der Waals surface area contributed by atoms with E-state index in [4.69, 9.17) is 9.47 Å². The maximum absolute atomic E-state index is 12.5. The van der Waals surface area contributed by atoms with E-state index in [0.29, 0.717) is 12.8 Å². The Morgan fingerprint density at radius 2 is 1.92 bits per heavy atom.